The van der Waals surface area contributed by atoms with E-state index >= 15 is 0 Å². The Morgan fingerprint density at radius 2 is 1.43 bits per heavy atom. The van der Waals surface area contributed by atoms with Crippen molar-refractivity contribution in [3.63, 3.8) is 0 Å². The molecule has 6 unspecified atom stereocenters. The molecule has 7 atom stereocenters. The van der Waals surface area contributed by atoms with Gasteiger partial charge in [0.25, 0.3) is 0 Å². The third-order valence-corrected chi connectivity index (χ3v) is 17.5. The number of nitrogens with one attached hydrogen (secondary N) is 9. The number of hydrogen-bond acceptors (Lipinski definition) is 13. The Kier molecular flexibility index (Phi) is 34.9. The van der Waals surface area contributed by atoms with Crippen molar-refractivity contribution in [3.8, 4) is 5.75 Å². The summed E-state index contributed by atoms with van der Waals surface area (Å²) in [7, 11) is -0.464. The number of nitrogens with two attached hydrogens (primary N) is 1. The first kappa shape index (κ1) is 72.4. The number of ether oxygens (including phenoxy) is 3. The zero-order valence-corrected chi connectivity index (χ0v) is 53.0. The van der Waals surface area contributed by atoms with E-state index < -0.39 is 53.3 Å². The first-order valence-electron chi connectivity index (χ1n) is 30.3. The second-order valence-corrected chi connectivity index (χ2v) is 23.1. The lowest BCUT2D eigenvalue weighted by molar-refractivity contribution is -0.137. The molecular weight excluding hydrogens is 1110 g/mol. The zero-order chi connectivity index (χ0) is 62.0. The molecule has 0 aromatic heterocycles. The predicted molar refractivity (Wildman–Crippen MR) is 331 cm³/mol. The number of likely N-dealkylation sites (tertiary alicyclic amines) is 1. The molecule has 3 saturated heterocycles. The van der Waals surface area contributed by atoms with Gasteiger partial charge in [0.15, 0.2) is 0 Å². The minimum absolute atomic E-state index is 0.0393. The van der Waals surface area contributed by atoms with Crippen LogP contribution in [0.1, 0.15) is 152 Å². The molecule has 2 aromatic carbocycles. The number of fused-ring (bicyclic) bond motifs is 1. The zero-order valence-electron chi connectivity index (χ0n) is 51.4. The number of thioether (sulfide) groups is 1. The Morgan fingerprint density at radius 3 is 2.11 bits per heavy atom. The van der Waals surface area contributed by atoms with Crippen LogP contribution in [0.25, 0.3) is 0 Å². The van der Waals surface area contributed by atoms with Crippen molar-refractivity contribution in [1.82, 2.24) is 46.8 Å². The number of nitrogens with zero attached hydrogens (tertiary/aromatic N) is 1. The Balaban J connectivity index is 0.00000452. The molecule has 3 aliphatic heterocycles. The summed E-state index contributed by atoms with van der Waals surface area (Å²) in [5.74, 6) is -1.03. The van der Waals surface area contributed by atoms with Crippen LogP contribution in [0, 0.1) is 26.2 Å². The van der Waals surface area contributed by atoms with Crippen molar-refractivity contribution >= 4 is 70.1 Å². The summed E-state index contributed by atoms with van der Waals surface area (Å²) in [5.41, 5.74) is 8.97. The van der Waals surface area contributed by atoms with E-state index in [0.29, 0.717) is 103 Å². The van der Waals surface area contributed by atoms with Crippen molar-refractivity contribution in [2.75, 3.05) is 72.0 Å². The van der Waals surface area contributed by atoms with Crippen molar-refractivity contribution in [1.29, 1.82) is 5.41 Å². The number of carbonyl (C=O) groups excluding carboxylic acids is 7. The standard InChI is InChI=1S/C56H87N11O11S2.2C2H6/c1-6-28-77-30-31-78-29-25-61-53(71)41(15-10-11-23-59-47(68)17-9-8-16-46-50-44(35-79-46)64-56(74)65-50)62-48(69)18-14-24-60-49(70)34-42(66-80(75)51-36(2)32-45(76-5)37(3)38(51)4)54(72)63-43(55(73)67-26-12-7-13-27-67)33-39-19-21-40(22-20-39)52(57)58;2*1-2/h19-22,32,41-44,46,50,66H,6-18,23-31,33-35H2,1-5H3,(H3,57,58)(H,59,68)(H,60,70)(H,61,71)(H,62,69)(H,63,72)(H2,64,65,74);2*1-2H3/t41?,42?,43?,44?,46-,50?,80?;;/m0../s1. The van der Waals surface area contributed by atoms with E-state index in [1.807, 2.05) is 53.3 Å². The summed E-state index contributed by atoms with van der Waals surface area (Å²) in [6, 6.07) is 5.49. The van der Waals surface area contributed by atoms with Gasteiger partial charge in [0.05, 0.1) is 50.3 Å². The molecule has 0 radical (unpaired) electrons. The quantitative estimate of drug-likeness (QED) is 0.0186. The van der Waals surface area contributed by atoms with Gasteiger partial charge in [-0.1, -0.05) is 65.3 Å². The van der Waals surface area contributed by atoms with Gasteiger partial charge in [-0.25, -0.2) is 13.7 Å². The molecule has 24 heteroatoms. The molecule has 3 aliphatic rings. The molecule has 3 heterocycles. The lowest BCUT2D eigenvalue weighted by Crippen LogP contribution is -2.56. The van der Waals surface area contributed by atoms with E-state index in [0.717, 1.165) is 56.3 Å². The highest BCUT2D eigenvalue weighted by Gasteiger charge is 2.42. The van der Waals surface area contributed by atoms with E-state index in [1.54, 1.807) is 56.2 Å². The number of amides is 8. The number of unbranched alkanes of at least 4 members (excludes halogenated alkanes) is 2. The molecule has 5 rings (SSSR count). The normalized spacial score (nSPS) is 17.4. The summed E-state index contributed by atoms with van der Waals surface area (Å²) >= 11 is 1.85. The van der Waals surface area contributed by atoms with Crippen molar-refractivity contribution in [2.24, 2.45) is 5.73 Å². The first-order chi connectivity index (χ1) is 40.5. The van der Waals surface area contributed by atoms with Gasteiger partial charge < -0.3 is 62.1 Å². The molecule has 0 aliphatic carbocycles. The van der Waals surface area contributed by atoms with Gasteiger partial charge >= 0.3 is 6.03 Å². The van der Waals surface area contributed by atoms with Crippen LogP contribution >= 0.6 is 11.8 Å². The number of aryl methyl sites for hydroxylation is 1. The van der Waals surface area contributed by atoms with E-state index in [2.05, 4.69) is 41.9 Å². The number of methoxy groups -OCH3 is 1. The van der Waals surface area contributed by atoms with Gasteiger partial charge in [-0.2, -0.15) is 11.8 Å². The fraction of sp³-hybridized carbons (Fsp3) is 0.667. The molecule has 84 heavy (non-hydrogen) atoms. The molecule has 0 spiro atoms. The highest BCUT2D eigenvalue weighted by Crippen LogP contribution is 2.33. The maximum Gasteiger partial charge on any atom is 0.315 e. The third kappa shape index (κ3) is 25.0. The minimum atomic E-state index is -2.01. The SMILES string of the molecule is CC.CC.CCCOCCOCCNC(=O)C(CCCCNC(=O)CCCC[C@@H]1SCC2NC(=O)NC21)NC(=O)CCCNC(=O)CC(NS(=O)c1c(C)cc(OC)c(C)c1C)C(=O)NC(Cc1ccc(C(=N)N)cc1)C(=O)N1CCCCC1. The van der Waals surface area contributed by atoms with Crippen LogP contribution < -0.4 is 52.4 Å². The van der Waals surface area contributed by atoms with Gasteiger partial charge in [-0.05, 0) is 113 Å². The summed E-state index contributed by atoms with van der Waals surface area (Å²) in [5, 5.41) is 28.4. The number of rotatable bonds is 36. The number of hydrogen-bond donors (Lipinski definition) is 10. The fourth-order valence-corrected chi connectivity index (χ4v) is 12.8. The number of amidine groups is 1. The lowest BCUT2D eigenvalue weighted by Gasteiger charge is -2.31. The van der Waals surface area contributed by atoms with Crippen molar-refractivity contribution < 1.29 is 52.0 Å². The number of carbonyl (C=O) groups is 7. The lowest BCUT2D eigenvalue weighted by atomic mass is 10.0. The average molecular weight is 1210 g/mol. The van der Waals surface area contributed by atoms with Crippen LogP contribution in [0.2, 0.25) is 0 Å². The monoisotopic (exact) mass is 1210 g/mol. The molecule has 0 bridgehead atoms. The Morgan fingerprint density at radius 1 is 0.762 bits per heavy atom. The summed E-state index contributed by atoms with van der Waals surface area (Å²) in [6.07, 6.45) is 7.67. The smallest absolute Gasteiger partial charge is 0.315 e. The van der Waals surface area contributed by atoms with Crippen LogP contribution in [0.4, 0.5) is 4.79 Å². The van der Waals surface area contributed by atoms with Gasteiger partial charge in [-0.3, -0.25) is 34.2 Å². The molecule has 2 aromatic rings. The summed E-state index contributed by atoms with van der Waals surface area (Å²) < 4.78 is 33.7. The van der Waals surface area contributed by atoms with Crippen LogP contribution in [0.3, 0.4) is 0 Å². The Labute approximate surface area is 505 Å². The van der Waals surface area contributed by atoms with Crippen LogP contribution in [0.15, 0.2) is 35.2 Å². The Bertz CT molecular complexity index is 2430. The average Bonchev–Trinajstić information content (AvgIpc) is 4.01. The van der Waals surface area contributed by atoms with Crippen LogP contribution in [-0.4, -0.2) is 164 Å². The van der Waals surface area contributed by atoms with E-state index in [9.17, 15) is 37.8 Å². The molecule has 472 valence electrons. The van der Waals surface area contributed by atoms with E-state index in [1.165, 1.54) is 0 Å². The topological polar surface area (TPSA) is 314 Å². The van der Waals surface area contributed by atoms with Crippen molar-refractivity contribution in [2.45, 2.75) is 192 Å². The maximum atomic E-state index is 14.4. The number of benzene rings is 2. The number of nitrogen functional groups attached to an aromatic ring is 1. The highest BCUT2D eigenvalue weighted by atomic mass is 32.2. The van der Waals surface area contributed by atoms with Crippen molar-refractivity contribution in [3.05, 3.63) is 58.1 Å². The molecule has 22 nitrogen and oxygen atoms in total. The molecule has 3 fully saturated rings. The second-order valence-electron chi connectivity index (χ2n) is 20.7. The first-order valence-corrected chi connectivity index (χ1v) is 32.5. The number of piperidine rings is 1. The van der Waals surface area contributed by atoms with Gasteiger partial charge in [0.1, 0.15) is 40.7 Å². The summed E-state index contributed by atoms with van der Waals surface area (Å²) in [4.78, 5) is 95.6. The van der Waals surface area contributed by atoms with Crippen LogP contribution in [-0.2, 0) is 55.6 Å². The molecule has 8 amide bonds. The van der Waals surface area contributed by atoms with Crippen LogP contribution in [0.5, 0.6) is 5.75 Å². The number of urea groups is 1. The molecular formula is C60H99N11O11S2. The third-order valence-electron chi connectivity index (χ3n) is 14.5. The van der Waals surface area contributed by atoms with Gasteiger partial charge in [0, 0.05) is 75.2 Å². The summed E-state index contributed by atoms with van der Waals surface area (Å²) in [6.45, 7) is 18.9. The second kappa shape index (κ2) is 40.5. The van der Waals surface area contributed by atoms with E-state index in [4.69, 9.17) is 25.4 Å². The minimum Gasteiger partial charge on any atom is -0.496 e. The molecule has 0 saturated carbocycles. The van der Waals surface area contributed by atoms with Gasteiger partial charge in [0.2, 0.25) is 35.4 Å². The fourth-order valence-electron chi connectivity index (χ4n) is 9.93. The van der Waals surface area contributed by atoms with Gasteiger partial charge in [-0.15, -0.1) is 0 Å². The maximum absolute atomic E-state index is 14.4. The highest BCUT2D eigenvalue weighted by molar-refractivity contribution is 8.00. The van der Waals surface area contributed by atoms with E-state index in [-0.39, 0.29) is 80.6 Å². The predicted octanol–water partition coefficient (Wildman–Crippen LogP) is 5.02. The Hall–Kier alpha value is -5.82. The molecule has 11 N–H and O–H groups in total. The largest absolute Gasteiger partial charge is 0.496 e.